The summed E-state index contributed by atoms with van der Waals surface area (Å²) in [5.74, 6) is -2.11. The number of rotatable bonds is 7. The number of amides is 1. The molecule has 0 aromatic heterocycles. The van der Waals surface area contributed by atoms with Crippen LogP contribution in [0.5, 0.6) is 5.75 Å². The van der Waals surface area contributed by atoms with Crippen LogP contribution in [-0.4, -0.2) is 24.6 Å². The molecule has 2 aromatic carbocycles. The summed E-state index contributed by atoms with van der Waals surface area (Å²) in [6.45, 7) is 5.96. The van der Waals surface area contributed by atoms with Gasteiger partial charge in [-0.2, -0.15) is 0 Å². The Hall–Kier alpha value is -2.96. The molecule has 0 aliphatic carbocycles. The van der Waals surface area contributed by atoms with E-state index in [1.165, 1.54) is 19.1 Å². The van der Waals surface area contributed by atoms with Gasteiger partial charge >= 0.3 is 5.97 Å². The number of halogens is 2. The predicted octanol–water partition coefficient (Wildman–Crippen LogP) is 4.18. The van der Waals surface area contributed by atoms with E-state index in [1.807, 2.05) is 13.8 Å². The quantitative estimate of drug-likeness (QED) is 0.735. The summed E-state index contributed by atoms with van der Waals surface area (Å²) in [4.78, 5) is 24.2. The van der Waals surface area contributed by atoms with Crippen LogP contribution in [0.25, 0.3) is 0 Å². The minimum atomic E-state index is -1.17. The van der Waals surface area contributed by atoms with E-state index >= 15 is 0 Å². The van der Waals surface area contributed by atoms with Gasteiger partial charge < -0.3 is 14.8 Å². The van der Waals surface area contributed by atoms with E-state index in [9.17, 15) is 18.4 Å². The average Bonchev–Trinajstić information content (AvgIpc) is 2.62. The van der Waals surface area contributed by atoms with Crippen molar-refractivity contribution in [2.45, 2.75) is 26.9 Å². The lowest BCUT2D eigenvalue weighted by Crippen LogP contribution is -2.30. The molecule has 144 valence electrons. The number of carbonyl (C=O) groups excluding carboxylic acids is 2. The highest BCUT2D eigenvalue weighted by Gasteiger charge is 2.20. The number of carbonyl (C=O) groups is 2. The Kier molecular flexibility index (Phi) is 6.87. The molecule has 0 saturated heterocycles. The largest absolute Gasteiger partial charge is 0.493 e. The molecule has 7 heteroatoms. The molecule has 0 heterocycles. The molecule has 0 aliphatic rings. The maximum Gasteiger partial charge on any atom is 0.338 e. The Morgan fingerprint density at radius 3 is 2.30 bits per heavy atom. The molecule has 2 rings (SSSR count). The average molecular weight is 377 g/mol. The second kappa shape index (κ2) is 9.12. The van der Waals surface area contributed by atoms with E-state index in [2.05, 4.69) is 5.32 Å². The Bertz CT molecular complexity index is 806. The summed E-state index contributed by atoms with van der Waals surface area (Å²) >= 11 is 0. The third kappa shape index (κ3) is 6.06. The number of hydrogen-bond donors (Lipinski definition) is 1. The molecule has 27 heavy (non-hydrogen) atoms. The minimum Gasteiger partial charge on any atom is -0.493 e. The first kappa shape index (κ1) is 20.4. The number of hydrogen-bond acceptors (Lipinski definition) is 4. The van der Waals surface area contributed by atoms with Crippen LogP contribution in [0.3, 0.4) is 0 Å². The standard InChI is InChI=1S/C20H21F2NO4/c1-12(2)11-26-16-7-4-14(5-8-16)20(25)27-13(3)19(24)23-18-9-6-15(21)10-17(18)22/h4-10,12-13H,11H2,1-3H3,(H,23,24)/t13-/m1/s1. The van der Waals surface area contributed by atoms with Crippen LogP contribution in [-0.2, 0) is 9.53 Å². The molecule has 0 fully saturated rings. The number of esters is 1. The van der Waals surface area contributed by atoms with E-state index in [-0.39, 0.29) is 11.3 Å². The highest BCUT2D eigenvalue weighted by molar-refractivity contribution is 5.97. The fraction of sp³-hybridized carbons (Fsp3) is 0.300. The Labute approximate surface area is 156 Å². The zero-order valence-electron chi connectivity index (χ0n) is 15.3. The number of ether oxygens (including phenoxy) is 2. The summed E-state index contributed by atoms with van der Waals surface area (Å²) in [5.41, 5.74) is 0.0514. The molecule has 1 N–H and O–H groups in total. The van der Waals surface area contributed by atoms with E-state index < -0.39 is 29.6 Å². The van der Waals surface area contributed by atoms with Gasteiger partial charge in [-0.1, -0.05) is 13.8 Å². The number of nitrogens with one attached hydrogen (secondary N) is 1. The van der Waals surface area contributed by atoms with Gasteiger partial charge in [-0.25, -0.2) is 13.6 Å². The van der Waals surface area contributed by atoms with Crippen molar-refractivity contribution in [3.05, 3.63) is 59.7 Å². The van der Waals surface area contributed by atoms with Gasteiger partial charge in [-0.3, -0.25) is 4.79 Å². The van der Waals surface area contributed by atoms with Crippen LogP contribution in [0.4, 0.5) is 14.5 Å². The summed E-state index contributed by atoms with van der Waals surface area (Å²) in [5, 5.41) is 2.25. The second-order valence-electron chi connectivity index (χ2n) is 6.39. The molecule has 2 aromatic rings. The monoisotopic (exact) mass is 377 g/mol. The lowest BCUT2D eigenvalue weighted by Gasteiger charge is -2.14. The van der Waals surface area contributed by atoms with Crippen LogP contribution < -0.4 is 10.1 Å². The van der Waals surface area contributed by atoms with Gasteiger partial charge in [0.15, 0.2) is 6.10 Å². The van der Waals surface area contributed by atoms with Crippen LogP contribution in [0, 0.1) is 17.6 Å². The van der Waals surface area contributed by atoms with Crippen molar-refractivity contribution in [2.75, 3.05) is 11.9 Å². The van der Waals surface area contributed by atoms with Crippen molar-refractivity contribution in [1.82, 2.24) is 0 Å². The van der Waals surface area contributed by atoms with E-state index in [0.29, 0.717) is 24.3 Å². The first-order chi connectivity index (χ1) is 12.8. The molecule has 0 bridgehead atoms. The fourth-order valence-corrected chi connectivity index (χ4v) is 2.06. The smallest absolute Gasteiger partial charge is 0.338 e. The second-order valence-corrected chi connectivity index (χ2v) is 6.39. The lowest BCUT2D eigenvalue weighted by molar-refractivity contribution is -0.123. The first-order valence-electron chi connectivity index (χ1n) is 8.46. The van der Waals surface area contributed by atoms with Crippen molar-refractivity contribution in [2.24, 2.45) is 5.92 Å². The highest BCUT2D eigenvalue weighted by atomic mass is 19.1. The van der Waals surface area contributed by atoms with Crippen molar-refractivity contribution in [3.63, 3.8) is 0 Å². The minimum absolute atomic E-state index is 0.198. The van der Waals surface area contributed by atoms with Gasteiger partial charge in [-0.05, 0) is 49.2 Å². The van der Waals surface area contributed by atoms with Gasteiger partial charge in [0.2, 0.25) is 0 Å². The normalized spacial score (nSPS) is 11.8. The molecule has 5 nitrogen and oxygen atoms in total. The van der Waals surface area contributed by atoms with Crippen LogP contribution in [0.1, 0.15) is 31.1 Å². The van der Waals surface area contributed by atoms with Crippen molar-refractivity contribution in [3.8, 4) is 5.75 Å². The zero-order chi connectivity index (χ0) is 20.0. The van der Waals surface area contributed by atoms with Crippen molar-refractivity contribution >= 4 is 17.6 Å². The van der Waals surface area contributed by atoms with Gasteiger partial charge in [0.05, 0.1) is 17.9 Å². The predicted molar refractivity (Wildman–Crippen MR) is 96.6 cm³/mol. The van der Waals surface area contributed by atoms with Gasteiger partial charge in [0.25, 0.3) is 5.91 Å². The Morgan fingerprint density at radius 2 is 1.70 bits per heavy atom. The van der Waals surface area contributed by atoms with Crippen molar-refractivity contribution < 1.29 is 27.8 Å². The SMILES string of the molecule is CC(C)COc1ccc(C(=O)O[C@H](C)C(=O)Nc2ccc(F)cc2F)cc1. The van der Waals surface area contributed by atoms with E-state index in [1.54, 1.807) is 12.1 Å². The third-order valence-corrected chi connectivity index (χ3v) is 3.52. The lowest BCUT2D eigenvalue weighted by atomic mass is 10.2. The van der Waals surface area contributed by atoms with Crippen LogP contribution in [0.15, 0.2) is 42.5 Å². The number of anilines is 1. The van der Waals surface area contributed by atoms with Crippen molar-refractivity contribution in [1.29, 1.82) is 0 Å². The van der Waals surface area contributed by atoms with E-state index in [4.69, 9.17) is 9.47 Å². The van der Waals surface area contributed by atoms with Crippen LogP contribution in [0.2, 0.25) is 0 Å². The molecule has 0 spiro atoms. The topological polar surface area (TPSA) is 64.6 Å². The maximum atomic E-state index is 13.6. The Balaban J connectivity index is 1.93. The fourth-order valence-electron chi connectivity index (χ4n) is 2.06. The summed E-state index contributed by atoms with van der Waals surface area (Å²) < 4.78 is 37.1. The Morgan fingerprint density at radius 1 is 1.04 bits per heavy atom. The van der Waals surface area contributed by atoms with E-state index in [0.717, 1.165) is 12.1 Å². The molecular weight excluding hydrogens is 356 g/mol. The molecule has 0 unspecified atom stereocenters. The van der Waals surface area contributed by atoms with Crippen LogP contribution >= 0.6 is 0 Å². The molecule has 1 amide bonds. The van der Waals surface area contributed by atoms with Gasteiger partial charge in [0.1, 0.15) is 17.4 Å². The first-order valence-corrected chi connectivity index (χ1v) is 8.46. The molecule has 1 atom stereocenters. The zero-order valence-corrected chi connectivity index (χ0v) is 15.3. The van der Waals surface area contributed by atoms with Gasteiger partial charge in [0, 0.05) is 6.07 Å². The summed E-state index contributed by atoms with van der Waals surface area (Å²) in [6.07, 6.45) is -1.17. The highest BCUT2D eigenvalue weighted by Crippen LogP contribution is 2.17. The molecule has 0 radical (unpaired) electrons. The molecule has 0 saturated carbocycles. The number of benzene rings is 2. The van der Waals surface area contributed by atoms with Gasteiger partial charge in [-0.15, -0.1) is 0 Å². The molecule has 0 aliphatic heterocycles. The third-order valence-electron chi connectivity index (χ3n) is 3.52. The maximum absolute atomic E-state index is 13.6. The summed E-state index contributed by atoms with van der Waals surface area (Å²) in [6, 6.07) is 9.08. The molecular formula is C20H21F2NO4. The summed E-state index contributed by atoms with van der Waals surface area (Å²) in [7, 11) is 0.